The standard InChI is InChI=1S/C24H33N5O2/c1-5-25-24(26-12-11-20-16-29-13-7-8-18(4)23(29)28-20)27-15-22(30)19-9-6-10-21(14-19)31-17(2)3/h6-10,13-14,16-17,22,30H,5,11-12,15H2,1-4H3,(H2,25,26,27). The Hall–Kier alpha value is -3.06. The molecular weight excluding hydrogens is 390 g/mol. The number of guanidine groups is 1. The van der Waals surface area contributed by atoms with Crippen LogP contribution >= 0.6 is 0 Å². The van der Waals surface area contributed by atoms with Crippen LogP contribution in [0.4, 0.5) is 0 Å². The molecule has 31 heavy (non-hydrogen) atoms. The summed E-state index contributed by atoms with van der Waals surface area (Å²) in [6, 6.07) is 11.6. The van der Waals surface area contributed by atoms with E-state index in [0.717, 1.165) is 41.2 Å². The van der Waals surface area contributed by atoms with E-state index in [9.17, 15) is 5.11 Å². The molecule has 7 heteroatoms. The fourth-order valence-corrected chi connectivity index (χ4v) is 3.33. The molecule has 3 N–H and O–H groups in total. The van der Waals surface area contributed by atoms with Crippen molar-refractivity contribution in [3.8, 4) is 5.75 Å². The summed E-state index contributed by atoms with van der Waals surface area (Å²) in [6.07, 6.45) is 4.24. The highest BCUT2D eigenvalue weighted by atomic mass is 16.5. The molecular formula is C24H33N5O2. The van der Waals surface area contributed by atoms with Gasteiger partial charge in [-0.1, -0.05) is 18.2 Å². The van der Waals surface area contributed by atoms with Crippen LogP contribution in [0.15, 0.2) is 53.8 Å². The fourth-order valence-electron chi connectivity index (χ4n) is 3.33. The second-order valence-corrected chi connectivity index (χ2v) is 7.81. The second-order valence-electron chi connectivity index (χ2n) is 7.81. The molecule has 0 bridgehead atoms. The monoisotopic (exact) mass is 423 g/mol. The van der Waals surface area contributed by atoms with Crippen LogP contribution in [0.3, 0.4) is 0 Å². The van der Waals surface area contributed by atoms with E-state index in [0.29, 0.717) is 12.5 Å². The number of aliphatic imine (C=N–C) groups is 1. The Morgan fingerprint density at radius 1 is 1.23 bits per heavy atom. The molecule has 3 rings (SSSR count). The Kier molecular flexibility index (Phi) is 7.89. The molecule has 0 spiro atoms. The van der Waals surface area contributed by atoms with Crippen molar-refractivity contribution in [2.24, 2.45) is 4.99 Å². The molecule has 1 aromatic carbocycles. The second kappa shape index (κ2) is 10.8. The van der Waals surface area contributed by atoms with E-state index in [2.05, 4.69) is 39.2 Å². The van der Waals surface area contributed by atoms with E-state index in [1.54, 1.807) is 0 Å². The van der Waals surface area contributed by atoms with Crippen LogP contribution in [-0.4, -0.2) is 46.2 Å². The molecule has 0 aliphatic rings. The van der Waals surface area contributed by atoms with Gasteiger partial charge in [0.05, 0.1) is 24.4 Å². The Labute approximate surface area is 184 Å². The first-order valence-electron chi connectivity index (χ1n) is 10.9. The van der Waals surface area contributed by atoms with Gasteiger partial charge in [-0.15, -0.1) is 0 Å². The smallest absolute Gasteiger partial charge is 0.191 e. The van der Waals surface area contributed by atoms with E-state index in [4.69, 9.17) is 9.72 Å². The van der Waals surface area contributed by atoms with Crippen LogP contribution in [0.25, 0.3) is 5.65 Å². The van der Waals surface area contributed by atoms with Gasteiger partial charge in [0.25, 0.3) is 0 Å². The maximum absolute atomic E-state index is 10.6. The van der Waals surface area contributed by atoms with Gasteiger partial charge in [-0.2, -0.15) is 0 Å². The third-order valence-corrected chi connectivity index (χ3v) is 4.78. The summed E-state index contributed by atoms with van der Waals surface area (Å²) < 4.78 is 7.77. The van der Waals surface area contributed by atoms with Crippen molar-refractivity contribution in [2.45, 2.75) is 46.3 Å². The molecule has 0 saturated heterocycles. The minimum atomic E-state index is -0.701. The van der Waals surface area contributed by atoms with Gasteiger partial charge in [0.1, 0.15) is 11.4 Å². The lowest BCUT2D eigenvalue weighted by Gasteiger charge is -2.15. The van der Waals surface area contributed by atoms with Gasteiger partial charge in [0.15, 0.2) is 5.96 Å². The molecule has 166 valence electrons. The molecule has 0 amide bonds. The van der Waals surface area contributed by atoms with Gasteiger partial charge >= 0.3 is 0 Å². The molecule has 1 atom stereocenters. The number of aliphatic hydroxyl groups excluding tert-OH is 1. The molecule has 0 fully saturated rings. The molecule has 2 aromatic heterocycles. The van der Waals surface area contributed by atoms with Crippen molar-refractivity contribution in [2.75, 3.05) is 19.6 Å². The van der Waals surface area contributed by atoms with E-state index < -0.39 is 6.10 Å². The quantitative estimate of drug-likeness (QED) is 0.363. The van der Waals surface area contributed by atoms with Gasteiger partial charge in [0.2, 0.25) is 0 Å². The molecule has 0 aliphatic heterocycles. The minimum Gasteiger partial charge on any atom is -0.491 e. The highest BCUT2D eigenvalue weighted by molar-refractivity contribution is 5.79. The largest absolute Gasteiger partial charge is 0.491 e. The van der Waals surface area contributed by atoms with Gasteiger partial charge in [-0.3, -0.25) is 4.99 Å². The van der Waals surface area contributed by atoms with E-state index in [-0.39, 0.29) is 12.6 Å². The van der Waals surface area contributed by atoms with E-state index >= 15 is 0 Å². The van der Waals surface area contributed by atoms with Crippen molar-refractivity contribution < 1.29 is 9.84 Å². The van der Waals surface area contributed by atoms with Gasteiger partial charge in [0, 0.05) is 31.9 Å². The van der Waals surface area contributed by atoms with Crippen molar-refractivity contribution in [3.05, 3.63) is 65.6 Å². The third-order valence-electron chi connectivity index (χ3n) is 4.78. The van der Waals surface area contributed by atoms with E-state index in [1.165, 1.54) is 0 Å². The van der Waals surface area contributed by atoms with Crippen molar-refractivity contribution in [1.82, 2.24) is 20.0 Å². The highest BCUT2D eigenvalue weighted by Crippen LogP contribution is 2.20. The normalized spacial score (nSPS) is 12.9. The number of rotatable bonds is 9. The van der Waals surface area contributed by atoms with Crippen LogP contribution in [-0.2, 0) is 6.42 Å². The van der Waals surface area contributed by atoms with Crippen molar-refractivity contribution >= 4 is 11.6 Å². The zero-order valence-electron chi connectivity index (χ0n) is 18.8. The SMILES string of the molecule is CCNC(=NCC(O)c1cccc(OC(C)C)c1)NCCc1cn2cccc(C)c2n1. The summed E-state index contributed by atoms with van der Waals surface area (Å²) in [7, 11) is 0. The number of fused-ring (bicyclic) bond motifs is 1. The first-order valence-corrected chi connectivity index (χ1v) is 10.9. The van der Waals surface area contributed by atoms with Crippen LogP contribution in [0.2, 0.25) is 0 Å². The summed E-state index contributed by atoms with van der Waals surface area (Å²) in [5, 5.41) is 17.1. The summed E-state index contributed by atoms with van der Waals surface area (Å²) in [6.45, 7) is 9.75. The topological polar surface area (TPSA) is 83.2 Å². The fraction of sp³-hybridized carbons (Fsp3) is 0.417. The first-order chi connectivity index (χ1) is 15.0. The highest BCUT2D eigenvalue weighted by Gasteiger charge is 2.10. The molecule has 0 saturated carbocycles. The number of aliphatic hydroxyl groups is 1. The maximum atomic E-state index is 10.6. The average molecular weight is 424 g/mol. The number of hydrogen-bond acceptors (Lipinski definition) is 4. The summed E-state index contributed by atoms with van der Waals surface area (Å²) >= 11 is 0. The van der Waals surface area contributed by atoms with Crippen LogP contribution in [0, 0.1) is 6.92 Å². The number of nitrogens with zero attached hydrogens (tertiary/aromatic N) is 3. The Morgan fingerprint density at radius 2 is 2.06 bits per heavy atom. The third kappa shape index (κ3) is 6.46. The Balaban J connectivity index is 1.57. The van der Waals surface area contributed by atoms with E-state index in [1.807, 2.05) is 57.3 Å². The molecule has 0 radical (unpaired) electrons. The molecule has 1 unspecified atom stereocenters. The van der Waals surface area contributed by atoms with Gasteiger partial charge in [-0.25, -0.2) is 4.98 Å². The lowest BCUT2D eigenvalue weighted by atomic mass is 10.1. The summed E-state index contributed by atoms with van der Waals surface area (Å²) in [5.41, 5.74) is 3.97. The average Bonchev–Trinajstić information content (AvgIpc) is 3.16. The maximum Gasteiger partial charge on any atom is 0.191 e. The number of ether oxygens (including phenoxy) is 1. The number of hydrogen-bond donors (Lipinski definition) is 3. The Morgan fingerprint density at radius 3 is 2.81 bits per heavy atom. The van der Waals surface area contributed by atoms with Crippen LogP contribution in [0.5, 0.6) is 5.75 Å². The lowest BCUT2D eigenvalue weighted by Crippen LogP contribution is -2.38. The summed E-state index contributed by atoms with van der Waals surface area (Å²) in [4.78, 5) is 9.25. The van der Waals surface area contributed by atoms with Gasteiger partial charge in [-0.05, 0) is 57.0 Å². The number of benzene rings is 1. The number of imidazole rings is 1. The lowest BCUT2D eigenvalue weighted by molar-refractivity contribution is 0.185. The summed E-state index contributed by atoms with van der Waals surface area (Å²) in [5.74, 6) is 1.43. The number of aryl methyl sites for hydroxylation is 1. The molecule has 2 heterocycles. The van der Waals surface area contributed by atoms with Gasteiger partial charge < -0.3 is 24.9 Å². The molecule has 3 aromatic rings. The minimum absolute atomic E-state index is 0.0896. The van der Waals surface area contributed by atoms with Crippen LogP contribution in [0.1, 0.15) is 43.7 Å². The number of pyridine rings is 1. The Bertz CT molecular complexity index is 1010. The number of aromatic nitrogens is 2. The van der Waals surface area contributed by atoms with Crippen molar-refractivity contribution in [3.63, 3.8) is 0 Å². The zero-order chi connectivity index (χ0) is 22.2. The predicted molar refractivity (Wildman–Crippen MR) is 125 cm³/mol. The zero-order valence-corrected chi connectivity index (χ0v) is 18.8. The molecule has 0 aliphatic carbocycles. The predicted octanol–water partition coefficient (Wildman–Crippen LogP) is 3.26. The first kappa shape index (κ1) is 22.6. The van der Waals surface area contributed by atoms with Crippen LogP contribution < -0.4 is 15.4 Å². The molecule has 7 nitrogen and oxygen atoms in total. The van der Waals surface area contributed by atoms with Crippen molar-refractivity contribution in [1.29, 1.82) is 0 Å². The number of nitrogens with one attached hydrogen (secondary N) is 2.